The molecule has 0 bridgehead atoms. The van der Waals surface area contributed by atoms with Gasteiger partial charge in [-0.1, -0.05) is 5.92 Å². The highest BCUT2D eigenvalue weighted by Gasteiger charge is 2.03. The van der Waals surface area contributed by atoms with Crippen molar-refractivity contribution >= 4 is 19.7 Å². The maximum Gasteiger partial charge on any atom is 0.232 e. The molecule has 0 heterocycles. The third-order valence-electron chi connectivity index (χ3n) is 0.862. The van der Waals surface area contributed by atoms with Gasteiger partial charge < -0.3 is 4.74 Å². The molecule has 0 saturated carbocycles. The van der Waals surface area contributed by atoms with E-state index in [1.54, 1.807) is 0 Å². The molecule has 0 atom stereocenters. The van der Waals surface area contributed by atoms with E-state index < -0.39 is 9.05 Å². The minimum Gasteiger partial charge on any atom is -0.369 e. The molecule has 11 heavy (non-hydrogen) atoms. The smallest absolute Gasteiger partial charge is 0.232 e. The van der Waals surface area contributed by atoms with Crippen molar-refractivity contribution in [3.05, 3.63) is 0 Å². The zero-order chi connectivity index (χ0) is 8.74. The third kappa shape index (κ3) is 9.76. The van der Waals surface area contributed by atoms with Crippen LogP contribution in [0.2, 0.25) is 0 Å². The van der Waals surface area contributed by atoms with E-state index in [0.29, 0.717) is 13.0 Å². The van der Waals surface area contributed by atoms with Gasteiger partial charge in [0, 0.05) is 17.3 Å². The highest BCUT2D eigenvalue weighted by atomic mass is 35.7. The van der Waals surface area contributed by atoms with Crippen LogP contribution in [0.1, 0.15) is 6.42 Å². The maximum absolute atomic E-state index is 10.3. The quantitative estimate of drug-likeness (QED) is 0.367. The zero-order valence-corrected chi connectivity index (χ0v) is 7.49. The molecule has 0 aromatic rings. The topological polar surface area (TPSA) is 43.4 Å². The van der Waals surface area contributed by atoms with Crippen molar-refractivity contribution < 1.29 is 13.2 Å². The molecule has 0 radical (unpaired) electrons. The number of halogens is 1. The summed E-state index contributed by atoms with van der Waals surface area (Å²) in [7, 11) is 1.55. The summed E-state index contributed by atoms with van der Waals surface area (Å²) >= 11 is 0. The van der Waals surface area contributed by atoms with Crippen molar-refractivity contribution in [1.29, 1.82) is 0 Å². The van der Waals surface area contributed by atoms with E-state index in [1.807, 2.05) is 0 Å². The van der Waals surface area contributed by atoms with Gasteiger partial charge in [0.1, 0.15) is 6.61 Å². The lowest BCUT2D eigenvalue weighted by Gasteiger charge is -1.96. The largest absolute Gasteiger partial charge is 0.369 e. The second-order valence-corrected chi connectivity index (χ2v) is 4.75. The number of rotatable bonds is 5. The van der Waals surface area contributed by atoms with Crippen LogP contribution in [0.15, 0.2) is 0 Å². The lowest BCUT2D eigenvalue weighted by atomic mass is 10.5. The van der Waals surface area contributed by atoms with E-state index in [9.17, 15) is 8.42 Å². The van der Waals surface area contributed by atoms with Crippen LogP contribution in [0, 0.1) is 12.3 Å². The van der Waals surface area contributed by atoms with Crippen LogP contribution < -0.4 is 0 Å². The van der Waals surface area contributed by atoms with Crippen LogP contribution in [0.5, 0.6) is 0 Å². The molecule has 0 fully saturated rings. The van der Waals surface area contributed by atoms with Gasteiger partial charge in [-0.25, -0.2) is 8.42 Å². The van der Waals surface area contributed by atoms with Gasteiger partial charge in [-0.05, 0) is 6.42 Å². The Balaban J connectivity index is 3.24. The second-order valence-electron chi connectivity index (χ2n) is 1.85. The molecule has 0 rings (SSSR count). The predicted octanol–water partition coefficient (Wildman–Crippen LogP) is 0.595. The maximum atomic E-state index is 10.3. The van der Waals surface area contributed by atoms with E-state index in [0.717, 1.165) is 0 Å². The Hall–Kier alpha value is -0.240. The van der Waals surface area contributed by atoms with Crippen molar-refractivity contribution in [2.45, 2.75) is 6.42 Å². The first-order valence-corrected chi connectivity index (χ1v) is 5.47. The van der Waals surface area contributed by atoms with E-state index >= 15 is 0 Å². The molecule has 0 aromatic carbocycles. The first-order chi connectivity index (χ1) is 5.06. The monoisotopic (exact) mass is 196 g/mol. The summed E-state index contributed by atoms with van der Waals surface area (Å²) in [4.78, 5) is 0. The lowest BCUT2D eigenvalue weighted by Crippen LogP contribution is -2.02. The Morgan fingerprint density at radius 3 is 2.64 bits per heavy atom. The zero-order valence-electron chi connectivity index (χ0n) is 5.92. The Bertz CT molecular complexity index is 227. The minimum absolute atomic E-state index is 0.0703. The van der Waals surface area contributed by atoms with Crippen molar-refractivity contribution in [1.82, 2.24) is 0 Å². The van der Waals surface area contributed by atoms with E-state index in [4.69, 9.17) is 21.8 Å². The Labute approximate surface area is 71.1 Å². The molecule has 0 aromatic heterocycles. The molecule has 0 aliphatic rings. The molecular weight excluding hydrogens is 188 g/mol. The van der Waals surface area contributed by atoms with Gasteiger partial charge in [-0.3, -0.25) is 0 Å². The van der Waals surface area contributed by atoms with Gasteiger partial charge in [-0.2, -0.15) is 0 Å². The molecule has 3 nitrogen and oxygen atoms in total. The minimum atomic E-state index is -3.37. The van der Waals surface area contributed by atoms with Gasteiger partial charge in [0.15, 0.2) is 0 Å². The van der Waals surface area contributed by atoms with Gasteiger partial charge in [0.2, 0.25) is 9.05 Å². The van der Waals surface area contributed by atoms with Crippen LogP contribution in [-0.4, -0.2) is 27.4 Å². The molecule has 0 spiro atoms. The van der Waals surface area contributed by atoms with Crippen LogP contribution in [0.25, 0.3) is 0 Å². The number of hydrogen-bond donors (Lipinski definition) is 0. The first-order valence-electron chi connectivity index (χ1n) is 3.00. The van der Waals surface area contributed by atoms with Crippen LogP contribution in [0.4, 0.5) is 0 Å². The molecule has 0 N–H and O–H groups in total. The number of ether oxygens (including phenoxy) is 1. The van der Waals surface area contributed by atoms with Crippen LogP contribution >= 0.6 is 10.7 Å². The summed E-state index contributed by atoms with van der Waals surface area (Å²) in [5.41, 5.74) is 0. The fourth-order valence-electron chi connectivity index (χ4n) is 0.464. The summed E-state index contributed by atoms with van der Waals surface area (Å²) in [5.74, 6) is 2.19. The van der Waals surface area contributed by atoms with Crippen molar-refractivity contribution in [3.63, 3.8) is 0 Å². The van der Waals surface area contributed by atoms with E-state index in [2.05, 4.69) is 5.92 Å². The summed E-state index contributed by atoms with van der Waals surface area (Å²) in [5, 5.41) is 0. The Morgan fingerprint density at radius 1 is 1.55 bits per heavy atom. The van der Waals surface area contributed by atoms with Crippen molar-refractivity contribution in [3.8, 4) is 12.3 Å². The van der Waals surface area contributed by atoms with Crippen molar-refractivity contribution in [2.75, 3.05) is 19.0 Å². The highest BCUT2D eigenvalue weighted by molar-refractivity contribution is 8.13. The third-order valence-corrected chi connectivity index (χ3v) is 2.10. The molecule has 64 valence electrons. The lowest BCUT2D eigenvalue weighted by molar-refractivity contribution is 0.168. The molecule has 0 amide bonds. The van der Waals surface area contributed by atoms with Gasteiger partial charge in [0.25, 0.3) is 0 Å². The average Bonchev–Trinajstić information content (AvgIpc) is 1.85. The second kappa shape index (κ2) is 5.42. The van der Waals surface area contributed by atoms with Gasteiger partial charge in [0.05, 0.1) is 5.75 Å². The number of hydrogen-bond acceptors (Lipinski definition) is 3. The highest BCUT2D eigenvalue weighted by Crippen LogP contribution is 1.98. The molecular formula is C6H9ClO3S. The average molecular weight is 197 g/mol. The van der Waals surface area contributed by atoms with E-state index in [-0.39, 0.29) is 12.4 Å². The summed E-state index contributed by atoms with van der Waals surface area (Å²) in [6.07, 6.45) is 5.26. The molecule has 0 aliphatic heterocycles. The summed E-state index contributed by atoms with van der Waals surface area (Å²) in [6.45, 7) is 0.540. The predicted molar refractivity (Wildman–Crippen MR) is 43.9 cm³/mol. The Kier molecular flexibility index (Phi) is 5.30. The van der Waals surface area contributed by atoms with Gasteiger partial charge >= 0.3 is 0 Å². The van der Waals surface area contributed by atoms with Gasteiger partial charge in [-0.15, -0.1) is 6.42 Å². The first kappa shape index (κ1) is 10.8. The molecule has 0 saturated heterocycles. The fourth-order valence-corrected chi connectivity index (χ4v) is 1.25. The molecule has 0 aliphatic carbocycles. The van der Waals surface area contributed by atoms with Crippen molar-refractivity contribution in [2.24, 2.45) is 0 Å². The van der Waals surface area contributed by atoms with Crippen LogP contribution in [-0.2, 0) is 13.8 Å². The van der Waals surface area contributed by atoms with Crippen LogP contribution in [0.3, 0.4) is 0 Å². The summed E-state index contributed by atoms with van der Waals surface area (Å²) in [6, 6.07) is 0. The Morgan fingerprint density at radius 2 is 2.18 bits per heavy atom. The standard InChI is InChI=1S/C6H9ClO3S/c1-2-4-10-5-3-6-11(7,8)9/h1H,3-6H2. The summed E-state index contributed by atoms with van der Waals surface area (Å²) < 4.78 is 25.5. The fraction of sp³-hybridized carbons (Fsp3) is 0.667. The number of terminal acetylenes is 1. The molecule has 0 unspecified atom stereocenters. The SMILES string of the molecule is C#CCOCCCS(=O)(=O)Cl. The molecule has 5 heteroatoms. The normalized spacial score (nSPS) is 10.9. The van der Waals surface area contributed by atoms with E-state index in [1.165, 1.54) is 0 Å².